The van der Waals surface area contributed by atoms with E-state index in [2.05, 4.69) is 15.4 Å². The van der Waals surface area contributed by atoms with Crippen LogP contribution >= 0.6 is 11.3 Å². The summed E-state index contributed by atoms with van der Waals surface area (Å²) >= 11 is 1.54. The lowest BCUT2D eigenvalue weighted by atomic mass is 9.93. The first-order chi connectivity index (χ1) is 11.6. The van der Waals surface area contributed by atoms with E-state index in [4.69, 9.17) is 4.42 Å². The lowest BCUT2D eigenvalue weighted by molar-refractivity contribution is 0.0926. The van der Waals surface area contributed by atoms with Crippen molar-refractivity contribution in [2.45, 2.75) is 32.2 Å². The lowest BCUT2D eigenvalue weighted by Gasteiger charge is -2.23. The first-order valence-corrected chi connectivity index (χ1v) is 8.84. The Labute approximate surface area is 143 Å². The largest absolute Gasteiger partial charge is 0.440 e. The molecule has 0 aromatic carbocycles. The highest BCUT2D eigenvalue weighted by atomic mass is 32.1. The van der Waals surface area contributed by atoms with E-state index in [-0.39, 0.29) is 11.9 Å². The molecule has 0 spiro atoms. The van der Waals surface area contributed by atoms with Crippen LogP contribution in [0.25, 0.3) is 10.8 Å². The van der Waals surface area contributed by atoms with Crippen molar-refractivity contribution in [3.8, 4) is 10.8 Å². The fraction of sp³-hybridized carbons (Fsp3) is 0.353. The highest BCUT2D eigenvalue weighted by Gasteiger charge is 2.27. The molecule has 1 aliphatic carbocycles. The molecule has 0 saturated carbocycles. The van der Waals surface area contributed by atoms with Crippen molar-refractivity contribution >= 4 is 17.2 Å². The van der Waals surface area contributed by atoms with Gasteiger partial charge in [-0.25, -0.2) is 4.98 Å². The highest BCUT2D eigenvalue weighted by Crippen LogP contribution is 2.30. The number of carbonyl (C=O) groups is 1. The zero-order chi connectivity index (χ0) is 16.7. The molecule has 1 atom stereocenters. The summed E-state index contributed by atoms with van der Waals surface area (Å²) in [6, 6.07) is 3.85. The number of thiophene rings is 1. The van der Waals surface area contributed by atoms with E-state index in [0.717, 1.165) is 29.7 Å². The molecule has 3 heterocycles. The van der Waals surface area contributed by atoms with Crippen LogP contribution in [0.3, 0.4) is 0 Å². The molecule has 0 fully saturated rings. The fourth-order valence-corrected chi connectivity index (χ4v) is 3.84. The summed E-state index contributed by atoms with van der Waals surface area (Å²) in [4.78, 5) is 18.0. The Morgan fingerprint density at radius 3 is 3.17 bits per heavy atom. The average molecular weight is 342 g/mol. The Kier molecular flexibility index (Phi) is 3.72. The quantitative estimate of drug-likeness (QED) is 0.793. The third-order valence-corrected chi connectivity index (χ3v) is 5.28. The van der Waals surface area contributed by atoms with Gasteiger partial charge in [-0.1, -0.05) is 6.07 Å². The van der Waals surface area contributed by atoms with Crippen LogP contribution in [0, 0.1) is 6.92 Å². The number of amides is 1. The molecule has 1 aliphatic rings. The summed E-state index contributed by atoms with van der Waals surface area (Å²) < 4.78 is 7.56. The molecule has 0 aliphatic heterocycles. The Morgan fingerprint density at radius 1 is 1.50 bits per heavy atom. The molecule has 3 aromatic heterocycles. The highest BCUT2D eigenvalue weighted by molar-refractivity contribution is 7.13. The van der Waals surface area contributed by atoms with Crippen molar-refractivity contribution in [1.29, 1.82) is 0 Å². The monoisotopic (exact) mass is 342 g/mol. The van der Waals surface area contributed by atoms with Gasteiger partial charge in [0.2, 0.25) is 5.89 Å². The van der Waals surface area contributed by atoms with Gasteiger partial charge in [-0.3, -0.25) is 9.48 Å². The maximum absolute atomic E-state index is 12.7. The van der Waals surface area contributed by atoms with E-state index < -0.39 is 0 Å². The van der Waals surface area contributed by atoms with Gasteiger partial charge < -0.3 is 9.73 Å². The number of fused-ring (bicyclic) bond motifs is 1. The minimum Gasteiger partial charge on any atom is -0.440 e. The molecule has 0 saturated heterocycles. The van der Waals surface area contributed by atoms with Gasteiger partial charge in [0.1, 0.15) is 5.76 Å². The molecular weight excluding hydrogens is 324 g/mol. The van der Waals surface area contributed by atoms with E-state index in [9.17, 15) is 4.79 Å². The normalized spacial score (nSPS) is 16.8. The van der Waals surface area contributed by atoms with Gasteiger partial charge in [0.05, 0.1) is 17.1 Å². The van der Waals surface area contributed by atoms with Gasteiger partial charge in [-0.15, -0.1) is 11.3 Å². The fourth-order valence-electron chi connectivity index (χ4n) is 3.20. The molecule has 0 bridgehead atoms. The number of carbonyl (C=O) groups excluding carboxylic acids is 1. The third kappa shape index (κ3) is 2.54. The van der Waals surface area contributed by atoms with Gasteiger partial charge in [0.15, 0.2) is 5.69 Å². The van der Waals surface area contributed by atoms with Crippen molar-refractivity contribution in [3.63, 3.8) is 0 Å². The molecule has 0 radical (unpaired) electrons. The standard InChI is InChI=1S/C17H18N4O2S/c1-10-15(20-17(23-10)14-7-4-8-24-14)16(22)19-12-5-3-6-13-11(12)9-18-21(13)2/h4,7-9,12H,3,5-6H2,1-2H3,(H,19,22)/t12-/m1/s1. The van der Waals surface area contributed by atoms with Crippen LogP contribution in [0.2, 0.25) is 0 Å². The molecule has 7 heteroatoms. The van der Waals surface area contributed by atoms with E-state index in [1.165, 1.54) is 17.0 Å². The van der Waals surface area contributed by atoms with E-state index in [1.54, 1.807) is 6.92 Å². The maximum atomic E-state index is 12.7. The number of aromatic nitrogens is 3. The van der Waals surface area contributed by atoms with Crippen molar-refractivity contribution < 1.29 is 9.21 Å². The van der Waals surface area contributed by atoms with E-state index >= 15 is 0 Å². The Hall–Kier alpha value is -2.41. The first kappa shape index (κ1) is 15.1. The molecule has 124 valence electrons. The van der Waals surface area contributed by atoms with Gasteiger partial charge in [0, 0.05) is 18.3 Å². The number of hydrogen-bond donors (Lipinski definition) is 1. The van der Waals surface area contributed by atoms with Crippen molar-refractivity contribution in [2.24, 2.45) is 7.05 Å². The predicted molar refractivity (Wildman–Crippen MR) is 90.9 cm³/mol. The van der Waals surface area contributed by atoms with Crippen molar-refractivity contribution in [1.82, 2.24) is 20.1 Å². The van der Waals surface area contributed by atoms with Crippen LogP contribution < -0.4 is 5.32 Å². The predicted octanol–water partition coefficient (Wildman–Crippen LogP) is 3.25. The van der Waals surface area contributed by atoms with Crippen LogP contribution in [-0.4, -0.2) is 20.7 Å². The molecular formula is C17H18N4O2S. The Bertz CT molecular complexity index is 879. The molecule has 1 amide bonds. The average Bonchev–Trinajstić information content (AvgIpc) is 3.28. The summed E-state index contributed by atoms with van der Waals surface area (Å²) in [7, 11) is 1.94. The Morgan fingerprint density at radius 2 is 2.38 bits per heavy atom. The maximum Gasteiger partial charge on any atom is 0.274 e. The van der Waals surface area contributed by atoms with Gasteiger partial charge in [-0.05, 0) is 37.6 Å². The van der Waals surface area contributed by atoms with E-state index in [1.807, 2.05) is 35.4 Å². The Balaban J connectivity index is 1.57. The number of nitrogens with zero attached hydrogens (tertiary/aromatic N) is 3. The summed E-state index contributed by atoms with van der Waals surface area (Å²) in [5, 5.41) is 9.37. The van der Waals surface area contributed by atoms with Gasteiger partial charge in [-0.2, -0.15) is 5.10 Å². The zero-order valence-electron chi connectivity index (χ0n) is 13.6. The number of hydrogen-bond acceptors (Lipinski definition) is 5. The molecule has 4 rings (SSSR count). The third-order valence-electron chi connectivity index (χ3n) is 4.42. The first-order valence-electron chi connectivity index (χ1n) is 7.96. The second kappa shape index (κ2) is 5.90. The molecule has 24 heavy (non-hydrogen) atoms. The second-order valence-corrected chi connectivity index (χ2v) is 6.94. The molecule has 0 unspecified atom stereocenters. The van der Waals surface area contributed by atoms with Crippen LogP contribution in [0.5, 0.6) is 0 Å². The van der Waals surface area contributed by atoms with Crippen LogP contribution in [0.15, 0.2) is 28.1 Å². The second-order valence-electron chi connectivity index (χ2n) is 5.99. The number of aryl methyl sites for hydroxylation is 2. The SMILES string of the molecule is Cc1oc(-c2cccs2)nc1C(=O)N[C@@H]1CCCc2c1cnn2C. The number of nitrogens with one attached hydrogen (secondary N) is 1. The number of oxazole rings is 1. The van der Waals surface area contributed by atoms with Gasteiger partial charge >= 0.3 is 0 Å². The minimum absolute atomic E-state index is 0.0174. The van der Waals surface area contributed by atoms with Crippen LogP contribution in [0.4, 0.5) is 0 Å². The van der Waals surface area contributed by atoms with Crippen molar-refractivity contribution in [3.05, 3.63) is 46.4 Å². The molecule has 3 aromatic rings. The smallest absolute Gasteiger partial charge is 0.274 e. The zero-order valence-corrected chi connectivity index (χ0v) is 14.4. The molecule has 6 nitrogen and oxygen atoms in total. The van der Waals surface area contributed by atoms with E-state index in [0.29, 0.717) is 17.3 Å². The minimum atomic E-state index is -0.194. The number of rotatable bonds is 3. The summed E-state index contributed by atoms with van der Waals surface area (Å²) in [5.41, 5.74) is 2.66. The summed E-state index contributed by atoms with van der Waals surface area (Å²) in [6.45, 7) is 1.77. The summed E-state index contributed by atoms with van der Waals surface area (Å²) in [6.07, 6.45) is 4.81. The lowest BCUT2D eigenvalue weighted by Crippen LogP contribution is -2.31. The molecule has 1 N–H and O–H groups in total. The van der Waals surface area contributed by atoms with Crippen LogP contribution in [-0.2, 0) is 13.5 Å². The topological polar surface area (TPSA) is 73.0 Å². The van der Waals surface area contributed by atoms with Crippen molar-refractivity contribution in [2.75, 3.05) is 0 Å². The summed E-state index contributed by atoms with van der Waals surface area (Å²) in [5.74, 6) is 0.845. The van der Waals surface area contributed by atoms with Crippen LogP contribution in [0.1, 0.15) is 46.4 Å². The van der Waals surface area contributed by atoms with Gasteiger partial charge in [0.25, 0.3) is 5.91 Å².